The molecule has 1 saturated carbocycles. The molecule has 1 unspecified atom stereocenters. The van der Waals surface area contributed by atoms with Gasteiger partial charge in [0.25, 0.3) is 0 Å². The van der Waals surface area contributed by atoms with Gasteiger partial charge >= 0.3 is 5.97 Å². The summed E-state index contributed by atoms with van der Waals surface area (Å²) in [4.78, 5) is 15.0. The van der Waals surface area contributed by atoms with Crippen molar-refractivity contribution in [2.24, 2.45) is 11.3 Å². The molecular formula is C12H17N3O2. The van der Waals surface area contributed by atoms with Crippen molar-refractivity contribution in [2.75, 3.05) is 17.6 Å². The van der Waals surface area contributed by atoms with E-state index in [0.29, 0.717) is 17.2 Å². The maximum atomic E-state index is 10.9. The van der Waals surface area contributed by atoms with Crippen LogP contribution in [0.15, 0.2) is 12.3 Å². The van der Waals surface area contributed by atoms with Crippen LogP contribution < -0.4 is 11.1 Å². The number of rotatable bonds is 4. The molecule has 1 atom stereocenters. The smallest absolute Gasteiger partial charge is 0.337 e. The van der Waals surface area contributed by atoms with Crippen LogP contribution in [0.3, 0.4) is 0 Å². The number of aromatic carboxylic acids is 1. The lowest BCUT2D eigenvalue weighted by atomic mass is 10.1. The van der Waals surface area contributed by atoms with E-state index in [1.807, 2.05) is 0 Å². The van der Waals surface area contributed by atoms with Gasteiger partial charge in [-0.1, -0.05) is 13.8 Å². The third-order valence-electron chi connectivity index (χ3n) is 3.41. The number of pyridine rings is 1. The van der Waals surface area contributed by atoms with E-state index < -0.39 is 5.97 Å². The lowest BCUT2D eigenvalue weighted by molar-refractivity contribution is 0.0698. The Morgan fingerprint density at radius 1 is 1.71 bits per heavy atom. The van der Waals surface area contributed by atoms with Gasteiger partial charge in [-0.3, -0.25) is 0 Å². The van der Waals surface area contributed by atoms with E-state index in [1.54, 1.807) is 0 Å². The molecule has 17 heavy (non-hydrogen) atoms. The molecule has 1 aromatic heterocycles. The second kappa shape index (κ2) is 3.91. The molecule has 0 saturated heterocycles. The second-order valence-corrected chi connectivity index (χ2v) is 5.23. The fourth-order valence-electron chi connectivity index (χ4n) is 1.90. The van der Waals surface area contributed by atoms with Gasteiger partial charge in [-0.2, -0.15) is 0 Å². The van der Waals surface area contributed by atoms with Crippen molar-refractivity contribution in [1.29, 1.82) is 0 Å². The number of hydrogen-bond acceptors (Lipinski definition) is 4. The monoisotopic (exact) mass is 235 g/mol. The summed E-state index contributed by atoms with van der Waals surface area (Å²) < 4.78 is 0. The molecule has 0 spiro atoms. The Labute approximate surface area is 100 Å². The highest BCUT2D eigenvalue weighted by Gasteiger charge is 2.44. The zero-order valence-corrected chi connectivity index (χ0v) is 10.0. The number of nitrogens with zero attached hydrogens (tertiary/aromatic N) is 1. The molecule has 2 rings (SSSR count). The van der Waals surface area contributed by atoms with Gasteiger partial charge in [-0.15, -0.1) is 0 Å². The van der Waals surface area contributed by atoms with Crippen LogP contribution in [-0.4, -0.2) is 22.6 Å². The van der Waals surface area contributed by atoms with Crippen molar-refractivity contribution in [1.82, 2.24) is 4.98 Å². The van der Waals surface area contributed by atoms with Gasteiger partial charge in [0.2, 0.25) is 0 Å². The molecule has 1 fully saturated rings. The number of aromatic nitrogens is 1. The van der Waals surface area contributed by atoms with E-state index in [9.17, 15) is 4.79 Å². The highest BCUT2D eigenvalue weighted by atomic mass is 16.4. The molecule has 4 N–H and O–H groups in total. The maximum absolute atomic E-state index is 10.9. The summed E-state index contributed by atoms with van der Waals surface area (Å²) in [6.45, 7) is 5.26. The molecule has 1 aromatic rings. The van der Waals surface area contributed by atoms with E-state index >= 15 is 0 Å². The normalized spacial score (nSPS) is 20.9. The number of carbonyl (C=O) groups is 1. The van der Waals surface area contributed by atoms with Gasteiger partial charge in [0.15, 0.2) is 0 Å². The molecule has 1 aliphatic carbocycles. The predicted octanol–water partition coefficient (Wildman–Crippen LogP) is 1.82. The van der Waals surface area contributed by atoms with Gasteiger partial charge < -0.3 is 16.2 Å². The first-order valence-electron chi connectivity index (χ1n) is 5.63. The fourth-order valence-corrected chi connectivity index (χ4v) is 1.90. The largest absolute Gasteiger partial charge is 0.478 e. The van der Waals surface area contributed by atoms with Crippen molar-refractivity contribution in [2.45, 2.75) is 20.3 Å². The van der Waals surface area contributed by atoms with Gasteiger partial charge in [-0.25, -0.2) is 9.78 Å². The lowest BCUT2D eigenvalue weighted by Gasteiger charge is -2.08. The van der Waals surface area contributed by atoms with E-state index in [4.69, 9.17) is 10.8 Å². The van der Waals surface area contributed by atoms with Crippen LogP contribution in [0.25, 0.3) is 0 Å². The van der Waals surface area contributed by atoms with Gasteiger partial charge in [0.05, 0.1) is 17.4 Å². The second-order valence-electron chi connectivity index (χ2n) is 5.23. The van der Waals surface area contributed by atoms with Crippen molar-refractivity contribution in [3.8, 4) is 0 Å². The van der Waals surface area contributed by atoms with E-state index in [-0.39, 0.29) is 11.3 Å². The summed E-state index contributed by atoms with van der Waals surface area (Å²) in [7, 11) is 0. The SMILES string of the molecule is CC1(C)CC1CNc1cc(C(=O)O)c(N)cn1. The number of anilines is 2. The van der Waals surface area contributed by atoms with Crippen molar-refractivity contribution >= 4 is 17.5 Å². The zero-order valence-electron chi connectivity index (χ0n) is 10.0. The summed E-state index contributed by atoms with van der Waals surface area (Å²) in [5, 5.41) is 12.1. The zero-order chi connectivity index (χ0) is 12.6. The molecule has 92 valence electrons. The maximum Gasteiger partial charge on any atom is 0.337 e. The Hall–Kier alpha value is -1.78. The van der Waals surface area contributed by atoms with E-state index in [0.717, 1.165) is 6.54 Å². The molecular weight excluding hydrogens is 218 g/mol. The number of nitrogens with one attached hydrogen (secondary N) is 1. The average Bonchev–Trinajstić information content (AvgIpc) is 2.85. The van der Waals surface area contributed by atoms with E-state index in [1.165, 1.54) is 18.7 Å². The lowest BCUT2D eigenvalue weighted by Crippen LogP contribution is -2.10. The van der Waals surface area contributed by atoms with Crippen LogP contribution in [0.5, 0.6) is 0 Å². The molecule has 5 nitrogen and oxygen atoms in total. The van der Waals surface area contributed by atoms with Crippen LogP contribution in [-0.2, 0) is 0 Å². The summed E-state index contributed by atoms with van der Waals surface area (Å²) >= 11 is 0. The third-order valence-corrected chi connectivity index (χ3v) is 3.41. The standard InChI is InChI=1S/C12H17N3O2/c1-12(2)4-7(12)5-14-10-3-8(11(16)17)9(13)6-15-10/h3,6-7H,4-5,13H2,1-2H3,(H,14,15)(H,16,17). The van der Waals surface area contributed by atoms with Crippen molar-refractivity contribution in [3.05, 3.63) is 17.8 Å². The Morgan fingerprint density at radius 2 is 2.35 bits per heavy atom. The molecule has 0 aliphatic heterocycles. The highest BCUT2D eigenvalue weighted by molar-refractivity contribution is 5.94. The van der Waals surface area contributed by atoms with Gasteiger partial charge in [-0.05, 0) is 23.8 Å². The first-order valence-corrected chi connectivity index (χ1v) is 5.63. The molecule has 0 amide bonds. The highest BCUT2D eigenvalue weighted by Crippen LogP contribution is 2.51. The number of carboxylic acids is 1. The molecule has 1 aliphatic rings. The Kier molecular flexibility index (Phi) is 2.69. The van der Waals surface area contributed by atoms with Crippen LogP contribution >= 0.6 is 0 Å². The Morgan fingerprint density at radius 3 is 2.88 bits per heavy atom. The van der Waals surface area contributed by atoms with Gasteiger partial charge in [0, 0.05) is 6.54 Å². The molecule has 0 aromatic carbocycles. The average molecular weight is 235 g/mol. The quantitative estimate of drug-likeness (QED) is 0.740. The Bertz CT molecular complexity index is 457. The number of carboxylic acid groups (broad SMARTS) is 1. The summed E-state index contributed by atoms with van der Waals surface area (Å²) in [6.07, 6.45) is 2.57. The topological polar surface area (TPSA) is 88.2 Å². The minimum atomic E-state index is -1.03. The van der Waals surface area contributed by atoms with Crippen molar-refractivity contribution in [3.63, 3.8) is 0 Å². The summed E-state index contributed by atoms with van der Waals surface area (Å²) in [5.41, 5.74) is 6.21. The Balaban J connectivity index is 2.02. The molecule has 0 radical (unpaired) electrons. The predicted molar refractivity (Wildman–Crippen MR) is 66.0 cm³/mol. The third kappa shape index (κ3) is 2.49. The van der Waals surface area contributed by atoms with Crippen LogP contribution in [0.1, 0.15) is 30.6 Å². The first kappa shape index (κ1) is 11.7. The number of nitrogen functional groups attached to an aromatic ring is 1. The summed E-state index contributed by atoms with van der Waals surface area (Å²) in [5.74, 6) is 0.175. The summed E-state index contributed by atoms with van der Waals surface area (Å²) in [6, 6.07) is 1.48. The minimum Gasteiger partial charge on any atom is -0.478 e. The van der Waals surface area contributed by atoms with Crippen molar-refractivity contribution < 1.29 is 9.90 Å². The fraction of sp³-hybridized carbons (Fsp3) is 0.500. The first-order chi connectivity index (χ1) is 7.90. The number of nitrogens with two attached hydrogens (primary N) is 1. The van der Waals surface area contributed by atoms with E-state index in [2.05, 4.69) is 24.1 Å². The number of hydrogen-bond donors (Lipinski definition) is 3. The van der Waals surface area contributed by atoms with Crippen LogP contribution in [0.2, 0.25) is 0 Å². The molecule has 5 heteroatoms. The molecule has 0 bridgehead atoms. The van der Waals surface area contributed by atoms with Gasteiger partial charge in [0.1, 0.15) is 5.82 Å². The molecule has 1 heterocycles. The minimum absolute atomic E-state index is 0.0950. The van der Waals surface area contributed by atoms with Crippen LogP contribution in [0.4, 0.5) is 11.5 Å². The van der Waals surface area contributed by atoms with Crippen LogP contribution in [0, 0.1) is 11.3 Å².